The minimum atomic E-state index is -0.246. The van der Waals surface area contributed by atoms with Crippen LogP contribution in [0, 0.1) is 12.8 Å². The van der Waals surface area contributed by atoms with Gasteiger partial charge in [0.2, 0.25) is 0 Å². The van der Waals surface area contributed by atoms with Crippen LogP contribution >= 0.6 is 0 Å². The highest BCUT2D eigenvalue weighted by molar-refractivity contribution is 6.02. The largest absolute Gasteiger partial charge is 0.295 e. The summed E-state index contributed by atoms with van der Waals surface area (Å²) in [5, 5.41) is 4.37. The number of pyridine rings is 1. The van der Waals surface area contributed by atoms with Crippen LogP contribution in [-0.2, 0) is 0 Å². The molecule has 1 aliphatic carbocycles. The molecule has 3 rings (SSSR count). The number of hydrogen-bond donors (Lipinski definition) is 1. The first kappa shape index (κ1) is 16.2. The molecule has 1 aliphatic rings. The number of allylic oxidation sites excluding steroid dienone is 3. The molecule has 0 radical (unpaired) electrons. The van der Waals surface area contributed by atoms with E-state index in [-0.39, 0.29) is 5.91 Å². The lowest BCUT2D eigenvalue weighted by Crippen LogP contribution is -2.24. The summed E-state index contributed by atoms with van der Waals surface area (Å²) in [7, 11) is 0. The van der Waals surface area contributed by atoms with E-state index < -0.39 is 0 Å². The molecule has 2 heterocycles. The standard InChI is InChI=1S/C19H22N4O/c1-12(2)15-9-8-13(3)16(11-15)21-22-19(24)18-14(4)20-17-7-5-6-10-23(17)18/h5-8,10,15H,1,9,11H2,2-4H3,(H,22,24)/b21-16-/t15-/m0/s1. The Labute approximate surface area is 141 Å². The van der Waals surface area contributed by atoms with Gasteiger partial charge in [-0.3, -0.25) is 9.20 Å². The minimum absolute atomic E-state index is 0.246. The lowest BCUT2D eigenvalue weighted by Gasteiger charge is -2.22. The first-order valence-electron chi connectivity index (χ1n) is 8.10. The fourth-order valence-electron chi connectivity index (χ4n) is 2.98. The Bertz CT molecular complexity index is 873. The number of fused-ring (bicyclic) bond motifs is 1. The highest BCUT2D eigenvalue weighted by Crippen LogP contribution is 2.26. The molecule has 0 saturated carbocycles. The van der Waals surface area contributed by atoms with Gasteiger partial charge in [-0.25, -0.2) is 10.4 Å². The van der Waals surface area contributed by atoms with Crippen molar-refractivity contribution in [2.75, 3.05) is 0 Å². The maximum atomic E-state index is 12.6. The molecule has 0 aromatic carbocycles. The van der Waals surface area contributed by atoms with Crippen molar-refractivity contribution >= 4 is 17.3 Å². The molecule has 1 amide bonds. The third-order valence-corrected chi connectivity index (χ3v) is 4.51. The van der Waals surface area contributed by atoms with Crippen molar-refractivity contribution in [1.82, 2.24) is 14.8 Å². The van der Waals surface area contributed by atoms with Crippen LogP contribution in [0.1, 0.15) is 42.9 Å². The molecule has 0 aliphatic heterocycles. The number of amides is 1. The van der Waals surface area contributed by atoms with E-state index in [2.05, 4.69) is 28.2 Å². The highest BCUT2D eigenvalue weighted by Gasteiger charge is 2.20. The molecule has 124 valence electrons. The van der Waals surface area contributed by atoms with Crippen LogP contribution in [0.4, 0.5) is 0 Å². The first-order chi connectivity index (χ1) is 11.5. The second-order valence-corrected chi connectivity index (χ2v) is 6.34. The zero-order valence-corrected chi connectivity index (χ0v) is 14.3. The van der Waals surface area contributed by atoms with Gasteiger partial charge in [-0.15, -0.1) is 0 Å². The van der Waals surface area contributed by atoms with Crippen molar-refractivity contribution in [2.24, 2.45) is 11.0 Å². The summed E-state index contributed by atoms with van der Waals surface area (Å²) in [4.78, 5) is 17.0. The van der Waals surface area contributed by atoms with Crippen molar-refractivity contribution in [2.45, 2.75) is 33.6 Å². The van der Waals surface area contributed by atoms with Crippen LogP contribution in [0.25, 0.3) is 5.65 Å². The molecule has 5 nitrogen and oxygen atoms in total. The van der Waals surface area contributed by atoms with E-state index >= 15 is 0 Å². The molecule has 0 spiro atoms. The number of rotatable bonds is 3. The Morgan fingerprint density at radius 3 is 2.96 bits per heavy atom. The third-order valence-electron chi connectivity index (χ3n) is 4.51. The average molecular weight is 322 g/mol. The molecule has 2 aromatic rings. The maximum absolute atomic E-state index is 12.6. The van der Waals surface area contributed by atoms with Gasteiger partial charge >= 0.3 is 0 Å². The van der Waals surface area contributed by atoms with Crippen LogP contribution in [0.2, 0.25) is 0 Å². The fourth-order valence-corrected chi connectivity index (χ4v) is 2.98. The van der Waals surface area contributed by atoms with E-state index in [0.717, 1.165) is 35.3 Å². The lowest BCUT2D eigenvalue weighted by atomic mass is 9.85. The molecule has 0 bridgehead atoms. The Morgan fingerprint density at radius 2 is 2.21 bits per heavy atom. The quantitative estimate of drug-likeness (QED) is 0.692. The van der Waals surface area contributed by atoms with Gasteiger partial charge in [0.05, 0.1) is 11.4 Å². The molecule has 5 heteroatoms. The summed E-state index contributed by atoms with van der Waals surface area (Å²) >= 11 is 0. The van der Waals surface area contributed by atoms with Crippen LogP contribution in [0.3, 0.4) is 0 Å². The smallest absolute Gasteiger partial charge is 0.290 e. The van der Waals surface area contributed by atoms with Crippen molar-refractivity contribution in [3.05, 3.63) is 59.6 Å². The normalized spacial score (nSPS) is 19.4. The summed E-state index contributed by atoms with van der Waals surface area (Å²) in [6.07, 6.45) is 5.79. The molecule has 0 fully saturated rings. The number of hydrazone groups is 1. The minimum Gasteiger partial charge on any atom is -0.295 e. The molecule has 2 aromatic heterocycles. The van der Waals surface area contributed by atoms with Gasteiger partial charge in [-0.2, -0.15) is 5.10 Å². The SMILES string of the molecule is C=C(C)[C@H]1CC=C(C)/C(=N\NC(=O)c2c(C)nc3ccccn23)C1. The van der Waals surface area contributed by atoms with Gasteiger partial charge < -0.3 is 0 Å². The number of carbonyl (C=O) groups excluding carboxylic acids is 1. The average Bonchev–Trinajstić information content (AvgIpc) is 2.89. The number of carbonyl (C=O) groups is 1. The first-order valence-corrected chi connectivity index (χ1v) is 8.10. The summed E-state index contributed by atoms with van der Waals surface area (Å²) in [5.41, 5.74) is 7.83. The predicted molar refractivity (Wildman–Crippen MR) is 96.1 cm³/mol. The predicted octanol–water partition coefficient (Wildman–Crippen LogP) is 3.66. The monoisotopic (exact) mass is 322 g/mol. The van der Waals surface area contributed by atoms with Gasteiger partial charge in [0.15, 0.2) is 0 Å². The highest BCUT2D eigenvalue weighted by atomic mass is 16.2. The molecular formula is C19H22N4O. The van der Waals surface area contributed by atoms with Gasteiger partial charge in [-0.05, 0) is 57.2 Å². The number of hydrogen-bond acceptors (Lipinski definition) is 3. The van der Waals surface area contributed by atoms with Gasteiger partial charge in [0.1, 0.15) is 11.3 Å². The van der Waals surface area contributed by atoms with Crippen molar-refractivity contribution < 1.29 is 4.79 Å². The van der Waals surface area contributed by atoms with Crippen LogP contribution in [0.15, 0.2) is 53.3 Å². The van der Waals surface area contributed by atoms with Crippen molar-refractivity contribution in [1.29, 1.82) is 0 Å². The van der Waals surface area contributed by atoms with E-state index in [1.54, 1.807) is 4.40 Å². The number of imidazole rings is 1. The Balaban J connectivity index is 1.84. The second-order valence-electron chi connectivity index (χ2n) is 6.34. The van der Waals surface area contributed by atoms with Crippen molar-refractivity contribution in [3.8, 4) is 0 Å². The summed E-state index contributed by atoms with van der Waals surface area (Å²) in [6.45, 7) is 9.93. The van der Waals surface area contributed by atoms with Crippen LogP contribution in [-0.4, -0.2) is 21.0 Å². The Hall–Kier alpha value is -2.69. The Kier molecular flexibility index (Phi) is 4.34. The van der Waals surface area contributed by atoms with E-state index in [1.807, 2.05) is 45.2 Å². The van der Waals surface area contributed by atoms with Crippen LogP contribution in [0.5, 0.6) is 0 Å². The summed E-state index contributed by atoms with van der Waals surface area (Å²) in [6, 6.07) is 5.65. The summed E-state index contributed by atoms with van der Waals surface area (Å²) < 4.78 is 1.78. The zero-order valence-electron chi connectivity index (χ0n) is 14.3. The van der Waals surface area contributed by atoms with E-state index in [1.165, 1.54) is 0 Å². The molecule has 1 N–H and O–H groups in total. The maximum Gasteiger partial charge on any atom is 0.290 e. The number of aromatic nitrogens is 2. The molecule has 24 heavy (non-hydrogen) atoms. The zero-order chi connectivity index (χ0) is 17.3. The number of nitrogens with one attached hydrogen (secondary N) is 1. The van der Waals surface area contributed by atoms with Gasteiger partial charge in [-0.1, -0.05) is 24.3 Å². The van der Waals surface area contributed by atoms with E-state index in [0.29, 0.717) is 17.3 Å². The third kappa shape index (κ3) is 3.02. The van der Waals surface area contributed by atoms with E-state index in [9.17, 15) is 4.79 Å². The lowest BCUT2D eigenvalue weighted by molar-refractivity contribution is 0.0948. The van der Waals surface area contributed by atoms with Gasteiger partial charge in [0, 0.05) is 6.20 Å². The van der Waals surface area contributed by atoms with Crippen molar-refractivity contribution in [3.63, 3.8) is 0 Å². The molecule has 1 atom stereocenters. The molecule has 0 unspecified atom stereocenters. The topological polar surface area (TPSA) is 58.8 Å². The number of nitrogens with zero attached hydrogens (tertiary/aromatic N) is 3. The van der Waals surface area contributed by atoms with E-state index in [4.69, 9.17) is 0 Å². The second kappa shape index (κ2) is 6.43. The van der Waals surface area contributed by atoms with Crippen LogP contribution < -0.4 is 5.43 Å². The molecule has 0 saturated heterocycles. The molecular weight excluding hydrogens is 300 g/mol. The van der Waals surface area contributed by atoms with Gasteiger partial charge in [0.25, 0.3) is 5.91 Å². The summed E-state index contributed by atoms with van der Waals surface area (Å²) in [5.74, 6) is 0.144. The Morgan fingerprint density at radius 1 is 1.42 bits per heavy atom. The number of aryl methyl sites for hydroxylation is 1. The fraction of sp³-hybridized carbons (Fsp3) is 0.316.